The molecule has 0 aliphatic carbocycles. The van der Waals surface area contributed by atoms with Gasteiger partial charge in [0.25, 0.3) is 11.3 Å². The van der Waals surface area contributed by atoms with Gasteiger partial charge in [-0.15, -0.1) is 0 Å². The monoisotopic (exact) mass is 346 g/mol. The van der Waals surface area contributed by atoms with Crippen molar-refractivity contribution in [3.63, 3.8) is 0 Å². The van der Waals surface area contributed by atoms with E-state index in [2.05, 4.69) is 39.1 Å². The molecule has 1 atom stereocenters. The highest BCUT2D eigenvalue weighted by Gasteiger charge is 2.25. The molecule has 136 valence electrons. The van der Waals surface area contributed by atoms with E-state index in [1.165, 1.54) is 4.52 Å². The molecule has 8 heteroatoms. The number of aromatic amines is 1. The lowest BCUT2D eigenvalue weighted by Crippen LogP contribution is -2.38. The van der Waals surface area contributed by atoms with Crippen molar-refractivity contribution in [1.29, 1.82) is 0 Å². The molecule has 1 saturated heterocycles. The fourth-order valence-corrected chi connectivity index (χ4v) is 3.35. The molecule has 2 aromatic heterocycles. The fraction of sp³-hybridized carbons (Fsp3) is 0.647. The number of hydrogen-bond acceptors (Lipinski definition) is 5. The number of amides is 1. The van der Waals surface area contributed by atoms with Crippen LogP contribution in [0.2, 0.25) is 0 Å². The van der Waals surface area contributed by atoms with Crippen LogP contribution in [0.1, 0.15) is 37.9 Å². The third kappa shape index (κ3) is 3.73. The highest BCUT2D eigenvalue weighted by molar-refractivity contribution is 5.91. The SMILES string of the molecule is Cc1nc2nc(NC(=O)C3CCCN(C)C3)[nH]n2c(=O)c1CC(C)C. The molecule has 0 spiro atoms. The third-order valence-corrected chi connectivity index (χ3v) is 4.64. The molecule has 1 fully saturated rings. The van der Waals surface area contributed by atoms with E-state index in [-0.39, 0.29) is 29.1 Å². The van der Waals surface area contributed by atoms with Crippen molar-refractivity contribution < 1.29 is 4.79 Å². The van der Waals surface area contributed by atoms with E-state index in [0.717, 1.165) is 25.9 Å². The van der Waals surface area contributed by atoms with Gasteiger partial charge in [0.15, 0.2) is 0 Å². The summed E-state index contributed by atoms with van der Waals surface area (Å²) < 4.78 is 1.31. The predicted octanol–water partition coefficient (Wildman–Crippen LogP) is 1.20. The summed E-state index contributed by atoms with van der Waals surface area (Å²) in [6, 6.07) is 0. The Hall–Kier alpha value is -2.22. The first-order valence-corrected chi connectivity index (χ1v) is 8.82. The molecule has 3 heterocycles. The van der Waals surface area contributed by atoms with Gasteiger partial charge in [-0.3, -0.25) is 20.0 Å². The van der Waals surface area contributed by atoms with Gasteiger partial charge in [0.1, 0.15) is 0 Å². The van der Waals surface area contributed by atoms with Crippen LogP contribution in [-0.4, -0.2) is 50.5 Å². The number of rotatable bonds is 4. The molecule has 0 aromatic carbocycles. The topological polar surface area (TPSA) is 95.4 Å². The molecule has 25 heavy (non-hydrogen) atoms. The lowest BCUT2D eigenvalue weighted by molar-refractivity contribution is -0.121. The van der Waals surface area contributed by atoms with Crippen molar-refractivity contribution >= 4 is 17.6 Å². The van der Waals surface area contributed by atoms with E-state index in [0.29, 0.717) is 23.6 Å². The zero-order valence-corrected chi connectivity index (χ0v) is 15.3. The van der Waals surface area contributed by atoms with Crippen LogP contribution >= 0.6 is 0 Å². The van der Waals surface area contributed by atoms with E-state index in [9.17, 15) is 9.59 Å². The molecule has 3 rings (SSSR count). The van der Waals surface area contributed by atoms with Gasteiger partial charge >= 0.3 is 0 Å². The van der Waals surface area contributed by atoms with Crippen molar-refractivity contribution in [3.8, 4) is 0 Å². The number of anilines is 1. The van der Waals surface area contributed by atoms with Gasteiger partial charge in [0.2, 0.25) is 11.9 Å². The number of carbonyl (C=O) groups excluding carboxylic acids is 1. The molecule has 0 saturated carbocycles. The molecule has 2 N–H and O–H groups in total. The summed E-state index contributed by atoms with van der Waals surface area (Å²) in [5, 5.41) is 5.67. The zero-order chi connectivity index (χ0) is 18.1. The number of nitrogens with one attached hydrogen (secondary N) is 2. The maximum atomic E-state index is 12.7. The molecular formula is C17H26N6O2. The van der Waals surface area contributed by atoms with Gasteiger partial charge in [-0.2, -0.15) is 9.50 Å². The minimum absolute atomic E-state index is 0.0603. The van der Waals surface area contributed by atoms with Crippen molar-refractivity contribution in [3.05, 3.63) is 21.6 Å². The van der Waals surface area contributed by atoms with E-state index >= 15 is 0 Å². The van der Waals surface area contributed by atoms with Gasteiger partial charge < -0.3 is 4.90 Å². The highest BCUT2D eigenvalue weighted by atomic mass is 16.2. The second-order valence-electron chi connectivity index (χ2n) is 7.38. The zero-order valence-electron chi connectivity index (χ0n) is 15.3. The summed E-state index contributed by atoms with van der Waals surface area (Å²) in [6.45, 7) is 7.71. The third-order valence-electron chi connectivity index (χ3n) is 4.64. The number of aryl methyl sites for hydroxylation is 1. The summed E-state index contributed by atoms with van der Waals surface area (Å²) in [6.07, 6.45) is 2.54. The lowest BCUT2D eigenvalue weighted by atomic mass is 9.98. The van der Waals surface area contributed by atoms with Crippen LogP contribution in [0.25, 0.3) is 5.78 Å². The molecular weight excluding hydrogens is 320 g/mol. The molecule has 2 aromatic rings. The quantitative estimate of drug-likeness (QED) is 0.867. The minimum Gasteiger partial charge on any atom is -0.306 e. The summed E-state index contributed by atoms with van der Waals surface area (Å²) in [4.78, 5) is 35.9. The second kappa shape index (κ2) is 6.95. The van der Waals surface area contributed by atoms with Crippen LogP contribution in [0.3, 0.4) is 0 Å². The van der Waals surface area contributed by atoms with Crippen LogP contribution in [0.5, 0.6) is 0 Å². The second-order valence-corrected chi connectivity index (χ2v) is 7.38. The van der Waals surface area contributed by atoms with Crippen LogP contribution in [0.15, 0.2) is 4.79 Å². The number of hydrogen-bond donors (Lipinski definition) is 2. The summed E-state index contributed by atoms with van der Waals surface area (Å²) in [5.74, 6) is 0.777. The Labute approximate surface area is 146 Å². The highest BCUT2D eigenvalue weighted by Crippen LogP contribution is 2.17. The van der Waals surface area contributed by atoms with Crippen LogP contribution in [-0.2, 0) is 11.2 Å². The Bertz CT molecular complexity index is 838. The first-order chi connectivity index (χ1) is 11.8. The summed E-state index contributed by atoms with van der Waals surface area (Å²) >= 11 is 0. The van der Waals surface area contributed by atoms with Crippen molar-refractivity contribution in [2.75, 3.05) is 25.5 Å². The van der Waals surface area contributed by atoms with Crippen molar-refractivity contribution in [2.45, 2.75) is 40.0 Å². The Balaban J connectivity index is 1.85. The van der Waals surface area contributed by atoms with Gasteiger partial charge in [0, 0.05) is 12.1 Å². The molecule has 1 unspecified atom stereocenters. The standard InChI is InChI=1S/C17H26N6O2/c1-10(2)8-13-11(3)18-17-20-16(21-23(17)15(13)25)19-14(24)12-6-5-7-22(4)9-12/h10,12H,5-9H2,1-4H3,(H2,18,19,20,21,24). The Morgan fingerprint density at radius 2 is 2.16 bits per heavy atom. The summed E-state index contributed by atoms with van der Waals surface area (Å²) in [7, 11) is 2.02. The number of likely N-dealkylation sites (tertiary alicyclic amines) is 1. The Morgan fingerprint density at radius 3 is 2.84 bits per heavy atom. The summed E-state index contributed by atoms with van der Waals surface area (Å²) in [5.41, 5.74) is 1.22. The van der Waals surface area contributed by atoms with Crippen LogP contribution in [0.4, 0.5) is 5.95 Å². The van der Waals surface area contributed by atoms with E-state index in [1.54, 1.807) is 0 Å². The first kappa shape index (κ1) is 17.6. The van der Waals surface area contributed by atoms with Gasteiger partial charge in [-0.1, -0.05) is 13.8 Å². The maximum absolute atomic E-state index is 12.7. The molecule has 1 amide bonds. The van der Waals surface area contributed by atoms with Gasteiger partial charge in [-0.25, -0.2) is 4.98 Å². The number of H-pyrrole nitrogens is 1. The van der Waals surface area contributed by atoms with E-state index in [1.807, 2.05) is 14.0 Å². The number of aromatic nitrogens is 4. The van der Waals surface area contributed by atoms with E-state index in [4.69, 9.17) is 0 Å². The first-order valence-electron chi connectivity index (χ1n) is 8.82. The lowest BCUT2D eigenvalue weighted by Gasteiger charge is -2.28. The minimum atomic E-state index is -0.151. The Kier molecular flexibility index (Phi) is 4.89. The predicted molar refractivity (Wildman–Crippen MR) is 95.7 cm³/mol. The van der Waals surface area contributed by atoms with Crippen molar-refractivity contribution in [2.24, 2.45) is 11.8 Å². The van der Waals surface area contributed by atoms with Crippen LogP contribution in [0, 0.1) is 18.8 Å². The van der Waals surface area contributed by atoms with Crippen molar-refractivity contribution in [1.82, 2.24) is 24.5 Å². The number of piperidine rings is 1. The largest absolute Gasteiger partial charge is 0.306 e. The normalized spacial score (nSPS) is 18.8. The smallest absolute Gasteiger partial charge is 0.277 e. The molecule has 1 aliphatic rings. The van der Waals surface area contributed by atoms with Gasteiger partial charge in [-0.05, 0) is 45.7 Å². The number of fused-ring (bicyclic) bond motifs is 1. The fourth-order valence-electron chi connectivity index (χ4n) is 3.35. The average Bonchev–Trinajstić information content (AvgIpc) is 2.93. The number of nitrogens with zero attached hydrogens (tertiary/aromatic N) is 4. The molecule has 0 radical (unpaired) electrons. The number of carbonyl (C=O) groups is 1. The molecule has 8 nitrogen and oxygen atoms in total. The van der Waals surface area contributed by atoms with Gasteiger partial charge in [0.05, 0.1) is 11.6 Å². The molecule has 1 aliphatic heterocycles. The Morgan fingerprint density at radius 1 is 1.40 bits per heavy atom. The molecule has 0 bridgehead atoms. The maximum Gasteiger partial charge on any atom is 0.277 e. The van der Waals surface area contributed by atoms with Crippen LogP contribution < -0.4 is 10.9 Å². The average molecular weight is 346 g/mol. The van der Waals surface area contributed by atoms with E-state index < -0.39 is 0 Å².